The molecule has 0 saturated carbocycles. The normalized spacial score (nSPS) is 11.3. The zero-order chi connectivity index (χ0) is 20.0. The second-order valence-electron chi connectivity index (χ2n) is 6.36. The number of hydrogen-bond acceptors (Lipinski definition) is 4. The number of hydrogen-bond donors (Lipinski definition) is 2. The lowest BCUT2D eigenvalue weighted by molar-refractivity contribution is -0.115. The van der Waals surface area contributed by atoms with Crippen LogP contribution in [-0.2, 0) is 14.8 Å². The topological polar surface area (TPSA) is 78.5 Å². The Morgan fingerprint density at radius 3 is 2.19 bits per heavy atom. The molecule has 0 bridgehead atoms. The van der Waals surface area contributed by atoms with Gasteiger partial charge in [-0.3, -0.25) is 4.79 Å². The Morgan fingerprint density at radius 1 is 1.00 bits per heavy atom. The molecule has 2 rings (SSSR count). The van der Waals surface area contributed by atoms with Crippen molar-refractivity contribution in [3.8, 4) is 0 Å². The Kier molecular flexibility index (Phi) is 6.98. The van der Waals surface area contributed by atoms with E-state index >= 15 is 0 Å². The fourth-order valence-electron chi connectivity index (χ4n) is 2.89. The Bertz CT molecular complexity index is 889. The molecule has 1 amide bonds. The van der Waals surface area contributed by atoms with Crippen molar-refractivity contribution in [2.24, 2.45) is 0 Å². The molecule has 0 aliphatic carbocycles. The van der Waals surface area contributed by atoms with E-state index in [9.17, 15) is 13.2 Å². The lowest BCUT2D eigenvalue weighted by Crippen LogP contribution is -2.33. The van der Waals surface area contributed by atoms with E-state index in [1.165, 1.54) is 0 Å². The van der Waals surface area contributed by atoms with Gasteiger partial charge in [-0.05, 0) is 63.6 Å². The summed E-state index contributed by atoms with van der Waals surface area (Å²) in [7, 11) is -3.74. The number of carbonyl (C=O) groups excluding carboxylic acids is 1. The maximum atomic E-state index is 12.4. The van der Waals surface area contributed by atoms with Crippen molar-refractivity contribution < 1.29 is 13.2 Å². The number of amides is 1. The van der Waals surface area contributed by atoms with Crippen molar-refractivity contribution in [3.05, 3.63) is 53.6 Å². The van der Waals surface area contributed by atoms with Crippen LogP contribution >= 0.6 is 0 Å². The standard InChI is InChI=1S/C20H27N3O3S/c1-5-23(6-2)18-10-8-17(9-11-18)22-20(24)14-21-27(25,26)19-12-7-15(3)13-16(19)4/h7-13,21H,5-6,14H2,1-4H3,(H,22,24). The quantitative estimate of drug-likeness (QED) is 0.727. The van der Waals surface area contributed by atoms with Gasteiger partial charge in [-0.1, -0.05) is 17.7 Å². The van der Waals surface area contributed by atoms with E-state index in [1.54, 1.807) is 25.1 Å². The highest BCUT2D eigenvalue weighted by Crippen LogP contribution is 2.18. The highest BCUT2D eigenvalue weighted by Gasteiger charge is 2.18. The molecule has 0 fully saturated rings. The van der Waals surface area contributed by atoms with E-state index in [0.717, 1.165) is 24.3 Å². The summed E-state index contributed by atoms with van der Waals surface area (Å²) in [5.74, 6) is -0.418. The molecule has 0 aliphatic heterocycles. The first-order chi connectivity index (χ1) is 12.8. The van der Waals surface area contributed by atoms with Crippen molar-refractivity contribution in [1.82, 2.24) is 4.72 Å². The zero-order valence-electron chi connectivity index (χ0n) is 16.2. The van der Waals surface area contributed by atoms with Crippen molar-refractivity contribution in [3.63, 3.8) is 0 Å². The molecule has 0 unspecified atom stereocenters. The second kappa shape index (κ2) is 9.01. The van der Waals surface area contributed by atoms with Crippen LogP contribution in [0.1, 0.15) is 25.0 Å². The number of rotatable bonds is 8. The molecule has 0 radical (unpaired) electrons. The Morgan fingerprint density at radius 2 is 1.63 bits per heavy atom. The van der Waals surface area contributed by atoms with Gasteiger partial charge in [-0.25, -0.2) is 13.1 Å². The molecule has 0 atom stereocenters. The third-order valence-electron chi connectivity index (χ3n) is 4.32. The smallest absolute Gasteiger partial charge is 0.241 e. The number of sulfonamides is 1. The van der Waals surface area contributed by atoms with Crippen LogP contribution in [0, 0.1) is 13.8 Å². The first-order valence-electron chi connectivity index (χ1n) is 8.98. The van der Waals surface area contributed by atoms with Gasteiger partial charge in [0.05, 0.1) is 11.4 Å². The first-order valence-corrected chi connectivity index (χ1v) is 10.5. The Labute approximate surface area is 161 Å². The molecule has 27 heavy (non-hydrogen) atoms. The SMILES string of the molecule is CCN(CC)c1ccc(NC(=O)CNS(=O)(=O)c2ccc(C)cc2C)cc1. The molecule has 146 valence electrons. The van der Waals surface area contributed by atoms with Crippen LogP contribution in [0.4, 0.5) is 11.4 Å². The molecule has 2 N–H and O–H groups in total. The maximum absolute atomic E-state index is 12.4. The highest BCUT2D eigenvalue weighted by atomic mass is 32.2. The maximum Gasteiger partial charge on any atom is 0.241 e. The van der Waals surface area contributed by atoms with Gasteiger partial charge in [0, 0.05) is 24.5 Å². The number of benzene rings is 2. The Balaban J connectivity index is 1.97. The zero-order valence-corrected chi connectivity index (χ0v) is 17.1. The summed E-state index contributed by atoms with van der Waals surface area (Å²) in [5, 5.41) is 2.71. The molecule has 0 heterocycles. The average Bonchev–Trinajstić information content (AvgIpc) is 2.62. The minimum atomic E-state index is -3.74. The fourth-order valence-corrected chi connectivity index (χ4v) is 4.10. The predicted molar refractivity (Wildman–Crippen MR) is 110 cm³/mol. The van der Waals surface area contributed by atoms with E-state index in [0.29, 0.717) is 11.3 Å². The molecular formula is C20H27N3O3S. The van der Waals surface area contributed by atoms with E-state index < -0.39 is 15.9 Å². The molecule has 6 nitrogen and oxygen atoms in total. The number of carbonyl (C=O) groups is 1. The van der Waals surface area contributed by atoms with E-state index in [1.807, 2.05) is 31.2 Å². The van der Waals surface area contributed by atoms with Crippen LogP contribution < -0.4 is 14.9 Å². The van der Waals surface area contributed by atoms with Gasteiger partial charge in [0.25, 0.3) is 0 Å². The monoisotopic (exact) mass is 389 g/mol. The highest BCUT2D eigenvalue weighted by molar-refractivity contribution is 7.89. The second-order valence-corrected chi connectivity index (χ2v) is 8.10. The summed E-state index contributed by atoms with van der Waals surface area (Å²) in [5.41, 5.74) is 3.34. The van der Waals surface area contributed by atoms with Crippen molar-refractivity contribution in [1.29, 1.82) is 0 Å². The van der Waals surface area contributed by atoms with Crippen LogP contribution in [-0.4, -0.2) is 34.0 Å². The summed E-state index contributed by atoms with van der Waals surface area (Å²) in [4.78, 5) is 14.5. The fraction of sp³-hybridized carbons (Fsp3) is 0.350. The lowest BCUT2D eigenvalue weighted by Gasteiger charge is -2.21. The molecule has 2 aromatic carbocycles. The molecule has 0 spiro atoms. The van der Waals surface area contributed by atoms with E-state index in [4.69, 9.17) is 0 Å². The number of aryl methyl sites for hydroxylation is 2. The first kappa shape index (κ1) is 20.9. The summed E-state index contributed by atoms with van der Waals surface area (Å²) < 4.78 is 27.2. The molecule has 0 aromatic heterocycles. The summed E-state index contributed by atoms with van der Waals surface area (Å²) in [6.07, 6.45) is 0. The third kappa shape index (κ3) is 5.55. The van der Waals surface area contributed by atoms with Crippen LogP contribution in [0.2, 0.25) is 0 Å². The third-order valence-corrected chi connectivity index (χ3v) is 5.88. The minimum absolute atomic E-state index is 0.185. The summed E-state index contributed by atoms with van der Waals surface area (Å²) in [6, 6.07) is 12.6. The van der Waals surface area contributed by atoms with Gasteiger partial charge in [-0.15, -0.1) is 0 Å². The number of anilines is 2. The largest absolute Gasteiger partial charge is 0.372 e. The molecule has 0 aliphatic rings. The van der Waals surface area contributed by atoms with Gasteiger partial charge < -0.3 is 10.2 Å². The van der Waals surface area contributed by atoms with Crippen LogP contribution in [0.15, 0.2) is 47.4 Å². The van der Waals surface area contributed by atoms with Crippen LogP contribution in [0.3, 0.4) is 0 Å². The predicted octanol–water partition coefficient (Wildman–Crippen LogP) is 3.07. The lowest BCUT2D eigenvalue weighted by atomic mass is 10.2. The van der Waals surface area contributed by atoms with E-state index in [-0.39, 0.29) is 11.4 Å². The van der Waals surface area contributed by atoms with Gasteiger partial charge in [0.1, 0.15) is 0 Å². The van der Waals surface area contributed by atoms with Gasteiger partial charge in [0.2, 0.25) is 15.9 Å². The van der Waals surface area contributed by atoms with Gasteiger partial charge in [0.15, 0.2) is 0 Å². The Hall–Kier alpha value is -2.38. The number of nitrogens with one attached hydrogen (secondary N) is 2. The van der Waals surface area contributed by atoms with Crippen molar-refractivity contribution in [2.75, 3.05) is 29.9 Å². The van der Waals surface area contributed by atoms with E-state index in [2.05, 4.69) is 28.8 Å². The van der Waals surface area contributed by atoms with Crippen molar-refractivity contribution in [2.45, 2.75) is 32.6 Å². The number of nitrogens with zero attached hydrogens (tertiary/aromatic N) is 1. The molecular weight excluding hydrogens is 362 g/mol. The summed E-state index contributed by atoms with van der Waals surface area (Å²) >= 11 is 0. The minimum Gasteiger partial charge on any atom is -0.372 e. The molecule has 2 aromatic rings. The average molecular weight is 390 g/mol. The van der Waals surface area contributed by atoms with Gasteiger partial charge in [-0.2, -0.15) is 0 Å². The van der Waals surface area contributed by atoms with Gasteiger partial charge >= 0.3 is 0 Å². The van der Waals surface area contributed by atoms with Crippen LogP contribution in [0.5, 0.6) is 0 Å². The van der Waals surface area contributed by atoms with Crippen molar-refractivity contribution >= 4 is 27.3 Å². The van der Waals surface area contributed by atoms with Crippen LogP contribution in [0.25, 0.3) is 0 Å². The summed E-state index contributed by atoms with van der Waals surface area (Å²) in [6.45, 7) is 9.29. The molecule has 0 saturated heterocycles. The molecule has 7 heteroatoms.